The Kier molecular flexibility index (Phi) is 7.00. The number of fused-ring (bicyclic) bond motifs is 1. The minimum Gasteiger partial charge on any atom is -0.454 e. The first-order valence-corrected chi connectivity index (χ1v) is 9.91. The van der Waals surface area contributed by atoms with Gasteiger partial charge in [-0.05, 0) is 35.7 Å². The van der Waals surface area contributed by atoms with Gasteiger partial charge in [0.2, 0.25) is 0 Å². The highest BCUT2D eigenvalue weighted by atomic mass is 16.5. The second kappa shape index (κ2) is 9.87. The molecule has 0 saturated carbocycles. The van der Waals surface area contributed by atoms with Crippen LogP contribution in [0.2, 0.25) is 0 Å². The van der Waals surface area contributed by atoms with E-state index in [0.717, 1.165) is 30.4 Å². The Hall–Kier alpha value is -3.15. The second-order valence-electron chi connectivity index (χ2n) is 7.01. The molecule has 0 radical (unpaired) electrons. The van der Waals surface area contributed by atoms with Crippen molar-refractivity contribution in [1.82, 2.24) is 5.32 Å². The van der Waals surface area contributed by atoms with Crippen molar-refractivity contribution in [1.29, 1.82) is 0 Å². The lowest BCUT2D eigenvalue weighted by Crippen LogP contribution is -2.29. The number of ether oxygens (including phenoxy) is 2. The van der Waals surface area contributed by atoms with E-state index in [9.17, 15) is 14.4 Å². The molecule has 0 spiro atoms. The van der Waals surface area contributed by atoms with Gasteiger partial charge in [-0.15, -0.1) is 0 Å². The van der Waals surface area contributed by atoms with Gasteiger partial charge in [0.15, 0.2) is 6.61 Å². The third kappa shape index (κ3) is 5.44. The molecule has 2 aromatic carbocycles. The van der Waals surface area contributed by atoms with Crippen molar-refractivity contribution < 1.29 is 23.9 Å². The highest BCUT2D eigenvalue weighted by molar-refractivity contribution is 5.96. The van der Waals surface area contributed by atoms with Crippen molar-refractivity contribution >= 4 is 17.8 Å². The molecule has 6 heteroatoms. The first-order valence-electron chi connectivity index (χ1n) is 9.91. The van der Waals surface area contributed by atoms with Gasteiger partial charge in [0.05, 0.1) is 11.1 Å². The molecule has 0 saturated heterocycles. The Morgan fingerprint density at radius 3 is 2.69 bits per heavy atom. The molecular weight excluding hydrogens is 370 g/mol. The van der Waals surface area contributed by atoms with Crippen molar-refractivity contribution in [3.8, 4) is 0 Å². The first kappa shape index (κ1) is 20.6. The van der Waals surface area contributed by atoms with Crippen LogP contribution in [0.25, 0.3) is 0 Å². The fraction of sp³-hybridized carbons (Fsp3) is 0.348. The third-order valence-corrected chi connectivity index (χ3v) is 4.82. The maximum absolute atomic E-state index is 12.3. The molecule has 1 heterocycles. The number of amides is 1. The molecule has 29 heavy (non-hydrogen) atoms. The molecular formula is C23H25NO5. The molecule has 6 nitrogen and oxygen atoms in total. The van der Waals surface area contributed by atoms with Crippen LogP contribution in [-0.2, 0) is 20.7 Å². The molecule has 1 N–H and O–H groups in total. The zero-order valence-electron chi connectivity index (χ0n) is 16.5. The van der Waals surface area contributed by atoms with Gasteiger partial charge < -0.3 is 14.8 Å². The van der Waals surface area contributed by atoms with Crippen LogP contribution >= 0.6 is 0 Å². The van der Waals surface area contributed by atoms with Gasteiger partial charge in [0, 0.05) is 13.0 Å². The number of nitrogens with one attached hydrogen (secondary N) is 1. The zero-order chi connectivity index (χ0) is 20.6. The molecule has 1 aliphatic rings. The Balaban J connectivity index is 1.61. The van der Waals surface area contributed by atoms with Crippen LogP contribution in [0.5, 0.6) is 0 Å². The second-order valence-corrected chi connectivity index (χ2v) is 7.01. The van der Waals surface area contributed by atoms with Crippen LogP contribution in [0.4, 0.5) is 0 Å². The van der Waals surface area contributed by atoms with Crippen molar-refractivity contribution in [2.75, 3.05) is 13.2 Å². The highest BCUT2D eigenvalue weighted by Gasteiger charge is 2.28. The maximum Gasteiger partial charge on any atom is 0.339 e. The van der Waals surface area contributed by atoms with Gasteiger partial charge in [0.1, 0.15) is 6.10 Å². The summed E-state index contributed by atoms with van der Waals surface area (Å²) in [7, 11) is 0. The topological polar surface area (TPSA) is 81.7 Å². The fourth-order valence-corrected chi connectivity index (χ4v) is 3.24. The van der Waals surface area contributed by atoms with Crippen molar-refractivity contribution in [2.24, 2.45) is 0 Å². The first-order chi connectivity index (χ1) is 14.1. The van der Waals surface area contributed by atoms with Crippen LogP contribution < -0.4 is 5.32 Å². The SMILES string of the molecule is CCCCCNC(=O)COC(=O)c1ccc2c(c1)C[C@@H](c1ccccc1)OC2=O. The van der Waals surface area contributed by atoms with Crippen LogP contribution in [0.15, 0.2) is 48.5 Å². The summed E-state index contributed by atoms with van der Waals surface area (Å²) in [6, 6.07) is 14.2. The standard InChI is InChI=1S/C23H25NO5/c1-2-3-7-12-24-21(25)15-28-22(26)17-10-11-19-18(13-17)14-20(29-23(19)27)16-8-5-4-6-9-16/h4-6,8-11,13,20H,2-3,7,12,14-15H2,1H3,(H,24,25)/t20-/m0/s1. The zero-order valence-corrected chi connectivity index (χ0v) is 16.5. The molecule has 0 fully saturated rings. The number of benzene rings is 2. The minimum atomic E-state index is -0.591. The number of rotatable bonds is 8. The number of hydrogen-bond donors (Lipinski definition) is 1. The largest absolute Gasteiger partial charge is 0.454 e. The van der Waals surface area contributed by atoms with Gasteiger partial charge in [0.25, 0.3) is 5.91 Å². The molecule has 0 aliphatic carbocycles. The minimum absolute atomic E-state index is 0.309. The monoisotopic (exact) mass is 395 g/mol. The van der Waals surface area contributed by atoms with E-state index in [1.54, 1.807) is 12.1 Å². The summed E-state index contributed by atoms with van der Waals surface area (Å²) < 4.78 is 10.6. The van der Waals surface area contributed by atoms with Crippen molar-refractivity contribution in [3.05, 3.63) is 70.8 Å². The molecule has 1 aliphatic heterocycles. The van der Waals surface area contributed by atoms with E-state index >= 15 is 0 Å². The van der Waals surface area contributed by atoms with Crippen LogP contribution in [0, 0.1) is 0 Å². The number of unbranched alkanes of at least 4 members (excludes halogenated alkanes) is 2. The van der Waals surface area contributed by atoms with E-state index in [4.69, 9.17) is 9.47 Å². The van der Waals surface area contributed by atoms with Gasteiger partial charge in [-0.25, -0.2) is 9.59 Å². The molecule has 1 amide bonds. The third-order valence-electron chi connectivity index (χ3n) is 4.82. The smallest absolute Gasteiger partial charge is 0.339 e. The summed E-state index contributed by atoms with van der Waals surface area (Å²) in [5, 5.41) is 2.73. The lowest BCUT2D eigenvalue weighted by Gasteiger charge is -2.25. The van der Waals surface area contributed by atoms with Gasteiger partial charge in [-0.3, -0.25) is 4.79 Å². The Labute approximate surface area is 170 Å². The summed E-state index contributed by atoms with van der Waals surface area (Å²) in [6.45, 7) is 2.34. The molecule has 1 atom stereocenters. The average molecular weight is 395 g/mol. The summed E-state index contributed by atoms with van der Waals surface area (Å²) in [5.74, 6) is -1.32. The number of esters is 2. The summed E-state index contributed by atoms with van der Waals surface area (Å²) >= 11 is 0. The fourth-order valence-electron chi connectivity index (χ4n) is 3.24. The van der Waals surface area contributed by atoms with Crippen LogP contribution in [0.3, 0.4) is 0 Å². The maximum atomic E-state index is 12.3. The van der Waals surface area contributed by atoms with Crippen LogP contribution in [0.1, 0.15) is 64.1 Å². The highest BCUT2D eigenvalue weighted by Crippen LogP contribution is 2.31. The molecule has 0 aromatic heterocycles. The quantitative estimate of drug-likeness (QED) is 0.545. The predicted molar refractivity (Wildman–Crippen MR) is 108 cm³/mol. The molecule has 0 unspecified atom stereocenters. The summed E-state index contributed by atoms with van der Waals surface area (Å²) in [5.41, 5.74) is 2.39. The predicted octanol–water partition coefficient (Wildman–Crippen LogP) is 3.60. The number of carbonyl (C=O) groups is 3. The van der Waals surface area contributed by atoms with Gasteiger partial charge in [-0.1, -0.05) is 50.1 Å². The van der Waals surface area contributed by atoms with Crippen molar-refractivity contribution in [2.45, 2.75) is 38.7 Å². The van der Waals surface area contributed by atoms with Gasteiger partial charge >= 0.3 is 11.9 Å². The van der Waals surface area contributed by atoms with E-state index in [-0.39, 0.29) is 12.5 Å². The summed E-state index contributed by atoms with van der Waals surface area (Å²) in [4.78, 5) is 36.4. The Bertz CT molecular complexity index is 878. The normalized spacial score (nSPS) is 15.2. The lowest BCUT2D eigenvalue weighted by molar-refractivity contribution is -0.124. The number of hydrogen-bond acceptors (Lipinski definition) is 5. The molecule has 152 valence electrons. The van der Waals surface area contributed by atoms with E-state index in [1.807, 2.05) is 30.3 Å². The lowest BCUT2D eigenvalue weighted by atomic mass is 9.93. The Morgan fingerprint density at radius 2 is 1.93 bits per heavy atom. The summed E-state index contributed by atoms with van der Waals surface area (Å²) in [6.07, 6.45) is 3.10. The molecule has 3 rings (SSSR count). The average Bonchev–Trinajstić information content (AvgIpc) is 2.75. The Morgan fingerprint density at radius 1 is 1.14 bits per heavy atom. The molecule has 0 bridgehead atoms. The van der Waals surface area contributed by atoms with E-state index in [1.165, 1.54) is 6.07 Å². The van der Waals surface area contributed by atoms with E-state index < -0.39 is 18.0 Å². The van der Waals surface area contributed by atoms with Crippen molar-refractivity contribution in [3.63, 3.8) is 0 Å². The molecule has 2 aromatic rings. The van der Waals surface area contributed by atoms with Crippen LogP contribution in [-0.4, -0.2) is 31.0 Å². The van der Waals surface area contributed by atoms with E-state index in [0.29, 0.717) is 24.1 Å². The number of cyclic esters (lactones) is 1. The van der Waals surface area contributed by atoms with E-state index in [2.05, 4.69) is 12.2 Å². The number of carbonyl (C=O) groups excluding carboxylic acids is 3. The van der Waals surface area contributed by atoms with Gasteiger partial charge in [-0.2, -0.15) is 0 Å².